The highest BCUT2D eigenvalue weighted by molar-refractivity contribution is 5.94. The Kier molecular flexibility index (Phi) is 4.40. The number of benzene rings is 1. The normalized spacial score (nSPS) is 15.9. The lowest BCUT2D eigenvalue weighted by molar-refractivity contribution is 0.0938. The molecule has 18 heavy (non-hydrogen) atoms. The van der Waals surface area contributed by atoms with Crippen LogP contribution < -0.4 is 5.32 Å². The van der Waals surface area contributed by atoms with Gasteiger partial charge in [0.15, 0.2) is 0 Å². The van der Waals surface area contributed by atoms with Crippen molar-refractivity contribution in [1.82, 2.24) is 5.32 Å². The minimum atomic E-state index is 0.0734. The Labute approximate surface area is 110 Å². The number of nitrogens with one attached hydrogen (secondary N) is 1. The third-order valence-corrected chi connectivity index (χ3v) is 3.71. The molecule has 0 radical (unpaired) electrons. The first kappa shape index (κ1) is 13.1. The second kappa shape index (κ2) is 6.03. The van der Waals surface area contributed by atoms with Crippen LogP contribution in [0.5, 0.6) is 0 Å². The molecule has 0 spiro atoms. The summed E-state index contributed by atoms with van der Waals surface area (Å²) in [6, 6.07) is 6.45. The zero-order valence-electron chi connectivity index (χ0n) is 11.5. The van der Waals surface area contributed by atoms with E-state index in [2.05, 4.69) is 31.3 Å². The summed E-state index contributed by atoms with van der Waals surface area (Å²) in [4.78, 5) is 12.1. The zero-order valence-corrected chi connectivity index (χ0v) is 11.5. The molecule has 1 aliphatic rings. The van der Waals surface area contributed by atoms with Gasteiger partial charge in [0.25, 0.3) is 5.91 Å². The maximum atomic E-state index is 12.1. The third kappa shape index (κ3) is 3.12. The monoisotopic (exact) mass is 245 g/mol. The summed E-state index contributed by atoms with van der Waals surface area (Å²) in [6.45, 7) is 4.21. The summed E-state index contributed by atoms with van der Waals surface area (Å²) < 4.78 is 0. The smallest absolute Gasteiger partial charge is 0.251 e. The van der Waals surface area contributed by atoms with Crippen molar-refractivity contribution in [2.75, 3.05) is 0 Å². The molecule has 2 heteroatoms. The zero-order chi connectivity index (χ0) is 13.0. The predicted molar refractivity (Wildman–Crippen MR) is 74.9 cm³/mol. The van der Waals surface area contributed by atoms with E-state index in [1.54, 1.807) is 0 Å². The molecule has 1 unspecified atom stereocenters. The lowest BCUT2D eigenvalue weighted by Gasteiger charge is -2.17. The topological polar surface area (TPSA) is 29.1 Å². The van der Waals surface area contributed by atoms with Gasteiger partial charge in [-0.15, -0.1) is 0 Å². The molecule has 0 heterocycles. The molecule has 2 rings (SSSR count). The molecule has 0 aliphatic heterocycles. The Bertz CT molecular complexity index is 425. The van der Waals surface area contributed by atoms with Crippen molar-refractivity contribution in [3.63, 3.8) is 0 Å². The first-order valence-electron chi connectivity index (χ1n) is 7.13. The van der Waals surface area contributed by atoms with Gasteiger partial charge in [-0.1, -0.05) is 19.4 Å². The number of fused-ring (bicyclic) bond motifs is 1. The number of hydrogen-bond acceptors (Lipinski definition) is 1. The molecule has 1 aliphatic carbocycles. The van der Waals surface area contributed by atoms with Crippen molar-refractivity contribution in [3.8, 4) is 0 Å². The van der Waals surface area contributed by atoms with E-state index in [1.165, 1.54) is 30.4 Å². The fraction of sp³-hybridized carbons (Fsp3) is 0.562. The van der Waals surface area contributed by atoms with Crippen molar-refractivity contribution in [2.24, 2.45) is 0 Å². The van der Waals surface area contributed by atoms with Crippen LogP contribution in [0.1, 0.15) is 61.0 Å². The maximum absolute atomic E-state index is 12.1. The summed E-state index contributed by atoms with van der Waals surface area (Å²) in [5, 5.41) is 3.06. The summed E-state index contributed by atoms with van der Waals surface area (Å²) in [5.74, 6) is 0.0734. The van der Waals surface area contributed by atoms with Gasteiger partial charge in [0.1, 0.15) is 0 Å². The molecule has 2 nitrogen and oxygen atoms in total. The number of carbonyl (C=O) groups excluding carboxylic acids is 1. The molecule has 0 bridgehead atoms. The number of hydrogen-bond donors (Lipinski definition) is 1. The standard InChI is InChI=1S/C16H23NO/c1-3-6-12(2)17-16(18)15-10-9-13-7-4-5-8-14(13)11-15/h9-12H,3-8H2,1-2H3,(H,17,18). The van der Waals surface area contributed by atoms with Gasteiger partial charge in [-0.25, -0.2) is 0 Å². The molecule has 1 aromatic rings. The second-order valence-corrected chi connectivity index (χ2v) is 5.35. The number of carbonyl (C=O) groups is 1. The van der Waals surface area contributed by atoms with Crippen LogP contribution in [0.25, 0.3) is 0 Å². The minimum absolute atomic E-state index is 0.0734. The van der Waals surface area contributed by atoms with E-state index in [4.69, 9.17) is 0 Å². The van der Waals surface area contributed by atoms with Crippen molar-refractivity contribution < 1.29 is 4.79 Å². The van der Waals surface area contributed by atoms with E-state index >= 15 is 0 Å². The Morgan fingerprint density at radius 2 is 2.00 bits per heavy atom. The molecular weight excluding hydrogens is 222 g/mol. The fourth-order valence-electron chi connectivity index (χ4n) is 2.69. The molecule has 0 saturated heterocycles. The summed E-state index contributed by atoms with van der Waals surface area (Å²) in [5.41, 5.74) is 3.62. The number of aryl methyl sites for hydroxylation is 2. The van der Waals surface area contributed by atoms with Crippen molar-refractivity contribution in [3.05, 3.63) is 34.9 Å². The Hall–Kier alpha value is -1.31. The fourth-order valence-corrected chi connectivity index (χ4v) is 2.69. The van der Waals surface area contributed by atoms with Crippen molar-refractivity contribution in [2.45, 2.75) is 58.4 Å². The molecule has 1 aromatic carbocycles. The predicted octanol–water partition coefficient (Wildman–Crippen LogP) is 3.48. The Morgan fingerprint density at radius 3 is 2.72 bits per heavy atom. The molecular formula is C16H23NO. The van der Waals surface area contributed by atoms with E-state index in [1.807, 2.05) is 6.07 Å². The molecule has 98 valence electrons. The van der Waals surface area contributed by atoms with Crippen LogP contribution in [0.2, 0.25) is 0 Å². The van der Waals surface area contributed by atoms with Crippen molar-refractivity contribution in [1.29, 1.82) is 0 Å². The van der Waals surface area contributed by atoms with Crippen LogP contribution in [0.15, 0.2) is 18.2 Å². The molecule has 1 atom stereocenters. The van der Waals surface area contributed by atoms with Gasteiger partial charge in [-0.05, 0) is 62.3 Å². The van der Waals surface area contributed by atoms with Gasteiger partial charge >= 0.3 is 0 Å². The average molecular weight is 245 g/mol. The highest BCUT2D eigenvalue weighted by atomic mass is 16.1. The van der Waals surface area contributed by atoms with E-state index in [-0.39, 0.29) is 11.9 Å². The largest absolute Gasteiger partial charge is 0.350 e. The highest BCUT2D eigenvalue weighted by Gasteiger charge is 2.13. The lowest BCUT2D eigenvalue weighted by Crippen LogP contribution is -2.32. The van der Waals surface area contributed by atoms with Gasteiger partial charge in [-0.2, -0.15) is 0 Å². The van der Waals surface area contributed by atoms with E-state index < -0.39 is 0 Å². The van der Waals surface area contributed by atoms with Crippen molar-refractivity contribution >= 4 is 5.91 Å². The minimum Gasteiger partial charge on any atom is -0.350 e. The average Bonchev–Trinajstić information content (AvgIpc) is 2.38. The van der Waals surface area contributed by atoms with Crippen LogP contribution in [-0.2, 0) is 12.8 Å². The lowest BCUT2D eigenvalue weighted by atomic mass is 9.90. The summed E-state index contributed by atoms with van der Waals surface area (Å²) in [6.07, 6.45) is 6.98. The SMILES string of the molecule is CCCC(C)NC(=O)c1ccc2c(c1)CCCC2. The van der Waals surface area contributed by atoms with Crippen LogP contribution in [-0.4, -0.2) is 11.9 Å². The molecule has 0 aromatic heterocycles. The molecule has 1 amide bonds. The highest BCUT2D eigenvalue weighted by Crippen LogP contribution is 2.22. The molecule has 0 fully saturated rings. The number of rotatable bonds is 4. The van der Waals surface area contributed by atoms with Gasteiger partial charge in [0.05, 0.1) is 0 Å². The number of amides is 1. The van der Waals surface area contributed by atoms with Crippen LogP contribution in [0, 0.1) is 0 Å². The van der Waals surface area contributed by atoms with Crippen LogP contribution in [0.3, 0.4) is 0 Å². The van der Waals surface area contributed by atoms with Gasteiger partial charge in [-0.3, -0.25) is 4.79 Å². The molecule has 0 saturated carbocycles. The van der Waals surface area contributed by atoms with E-state index in [0.717, 1.165) is 24.8 Å². The third-order valence-electron chi connectivity index (χ3n) is 3.71. The quantitative estimate of drug-likeness (QED) is 0.864. The maximum Gasteiger partial charge on any atom is 0.251 e. The Morgan fingerprint density at radius 1 is 1.28 bits per heavy atom. The van der Waals surface area contributed by atoms with Crippen LogP contribution >= 0.6 is 0 Å². The van der Waals surface area contributed by atoms with E-state index in [9.17, 15) is 4.79 Å². The summed E-state index contributed by atoms with van der Waals surface area (Å²) >= 11 is 0. The van der Waals surface area contributed by atoms with Crippen LogP contribution in [0.4, 0.5) is 0 Å². The van der Waals surface area contributed by atoms with Gasteiger partial charge in [0, 0.05) is 11.6 Å². The summed E-state index contributed by atoms with van der Waals surface area (Å²) in [7, 11) is 0. The molecule has 1 N–H and O–H groups in total. The van der Waals surface area contributed by atoms with Gasteiger partial charge < -0.3 is 5.32 Å². The van der Waals surface area contributed by atoms with E-state index in [0.29, 0.717) is 0 Å². The first-order valence-corrected chi connectivity index (χ1v) is 7.13. The van der Waals surface area contributed by atoms with Gasteiger partial charge in [0.2, 0.25) is 0 Å². The second-order valence-electron chi connectivity index (χ2n) is 5.35. The Balaban J connectivity index is 2.06. The first-order chi connectivity index (χ1) is 8.70.